The summed E-state index contributed by atoms with van der Waals surface area (Å²) in [4.78, 5) is 12.1. The first-order valence-electron chi connectivity index (χ1n) is 6.63. The van der Waals surface area contributed by atoms with Crippen LogP contribution in [0, 0.1) is 29.1 Å². The van der Waals surface area contributed by atoms with Gasteiger partial charge in [0, 0.05) is 0 Å². The van der Waals surface area contributed by atoms with E-state index in [2.05, 4.69) is 4.74 Å². The molecule has 0 saturated carbocycles. The van der Waals surface area contributed by atoms with Crippen molar-refractivity contribution in [2.75, 3.05) is 0 Å². The van der Waals surface area contributed by atoms with Crippen LogP contribution in [0.25, 0.3) is 10.8 Å². The third kappa shape index (κ3) is 2.47. The third-order valence-electron chi connectivity index (χ3n) is 3.37. The number of rotatable bonds is 2. The van der Waals surface area contributed by atoms with Crippen LogP contribution in [0.4, 0.5) is 22.0 Å². The Morgan fingerprint density at radius 2 is 1.25 bits per heavy atom. The van der Waals surface area contributed by atoms with Gasteiger partial charge in [0.05, 0.1) is 5.56 Å². The Labute approximate surface area is 132 Å². The van der Waals surface area contributed by atoms with Crippen molar-refractivity contribution in [3.8, 4) is 5.75 Å². The first-order chi connectivity index (χ1) is 11.4. The number of fused-ring (bicyclic) bond motifs is 1. The number of hydrogen-bond donors (Lipinski definition) is 0. The fourth-order valence-corrected chi connectivity index (χ4v) is 2.23. The maximum absolute atomic E-state index is 13.6. The Hall–Kier alpha value is -2.96. The van der Waals surface area contributed by atoms with Gasteiger partial charge in [0.2, 0.25) is 34.8 Å². The number of esters is 1. The molecule has 2 nitrogen and oxygen atoms in total. The molecule has 3 rings (SSSR count). The Morgan fingerprint density at radius 1 is 0.708 bits per heavy atom. The Kier molecular flexibility index (Phi) is 3.92. The van der Waals surface area contributed by atoms with Crippen molar-refractivity contribution in [2.45, 2.75) is 0 Å². The number of halogens is 5. The molecule has 0 fully saturated rings. The molecular formula is C17H7F5O2. The molecule has 0 amide bonds. The van der Waals surface area contributed by atoms with Crippen LogP contribution in [0.15, 0.2) is 42.5 Å². The smallest absolute Gasteiger partial charge is 0.344 e. The molecule has 3 aromatic rings. The van der Waals surface area contributed by atoms with Crippen LogP contribution >= 0.6 is 0 Å². The van der Waals surface area contributed by atoms with E-state index >= 15 is 0 Å². The van der Waals surface area contributed by atoms with Gasteiger partial charge in [-0.1, -0.05) is 36.4 Å². The quantitative estimate of drug-likeness (QED) is 0.221. The number of carbonyl (C=O) groups excluding carboxylic acids is 1. The van der Waals surface area contributed by atoms with E-state index in [-0.39, 0.29) is 5.56 Å². The molecule has 0 unspecified atom stereocenters. The van der Waals surface area contributed by atoms with Crippen LogP contribution in [-0.2, 0) is 0 Å². The molecule has 0 aromatic heterocycles. The van der Waals surface area contributed by atoms with E-state index < -0.39 is 40.8 Å². The van der Waals surface area contributed by atoms with Crippen LogP contribution in [0.1, 0.15) is 10.4 Å². The zero-order valence-corrected chi connectivity index (χ0v) is 11.7. The predicted molar refractivity (Wildman–Crippen MR) is 75.1 cm³/mol. The van der Waals surface area contributed by atoms with Gasteiger partial charge in [0.15, 0.2) is 0 Å². The van der Waals surface area contributed by atoms with E-state index in [0.717, 1.165) is 0 Å². The van der Waals surface area contributed by atoms with E-state index in [1.54, 1.807) is 30.3 Å². The summed E-state index contributed by atoms with van der Waals surface area (Å²) in [5.41, 5.74) is -0.0722. The van der Waals surface area contributed by atoms with Crippen LogP contribution in [0.5, 0.6) is 5.75 Å². The SMILES string of the molecule is O=C(Oc1c(F)c(F)c(F)c(F)c1F)c1cccc2ccccc12. The summed E-state index contributed by atoms with van der Waals surface area (Å²) in [6, 6.07) is 11.1. The predicted octanol–water partition coefficient (Wildman–Crippen LogP) is 4.75. The molecular weight excluding hydrogens is 331 g/mol. The van der Waals surface area contributed by atoms with Gasteiger partial charge in [-0.05, 0) is 16.8 Å². The van der Waals surface area contributed by atoms with Crippen molar-refractivity contribution >= 4 is 16.7 Å². The van der Waals surface area contributed by atoms with Crippen LogP contribution < -0.4 is 4.74 Å². The monoisotopic (exact) mass is 338 g/mol. The number of benzene rings is 3. The van der Waals surface area contributed by atoms with Gasteiger partial charge in [-0.2, -0.15) is 8.78 Å². The lowest BCUT2D eigenvalue weighted by molar-refractivity contribution is 0.0718. The fourth-order valence-electron chi connectivity index (χ4n) is 2.23. The van der Waals surface area contributed by atoms with Gasteiger partial charge in [0.25, 0.3) is 0 Å². The molecule has 0 N–H and O–H groups in total. The van der Waals surface area contributed by atoms with Crippen molar-refractivity contribution in [2.24, 2.45) is 0 Å². The molecule has 0 aliphatic carbocycles. The summed E-state index contributed by atoms with van der Waals surface area (Å²) >= 11 is 0. The van der Waals surface area contributed by atoms with Crippen LogP contribution in [-0.4, -0.2) is 5.97 Å². The second kappa shape index (κ2) is 5.92. The van der Waals surface area contributed by atoms with Gasteiger partial charge in [-0.25, -0.2) is 18.0 Å². The van der Waals surface area contributed by atoms with E-state index in [1.165, 1.54) is 12.1 Å². The minimum atomic E-state index is -2.32. The summed E-state index contributed by atoms with van der Waals surface area (Å²) in [5, 5.41) is 1.05. The van der Waals surface area contributed by atoms with E-state index in [9.17, 15) is 26.7 Å². The highest BCUT2D eigenvalue weighted by molar-refractivity contribution is 6.05. The molecule has 24 heavy (non-hydrogen) atoms. The zero-order valence-electron chi connectivity index (χ0n) is 11.7. The Balaban J connectivity index is 2.08. The minimum Gasteiger partial charge on any atom is -0.416 e. The topological polar surface area (TPSA) is 26.3 Å². The van der Waals surface area contributed by atoms with Crippen molar-refractivity contribution in [1.29, 1.82) is 0 Å². The summed E-state index contributed by atoms with van der Waals surface area (Å²) in [6.07, 6.45) is 0. The standard InChI is InChI=1S/C17H7F5O2/c18-11-12(19)14(21)16(15(22)13(11)20)24-17(23)10-7-3-5-8-4-1-2-6-9(8)10/h1-7H. The molecule has 0 spiro atoms. The Bertz CT molecular complexity index is 934. The zero-order chi connectivity index (χ0) is 17.4. The number of ether oxygens (including phenoxy) is 1. The summed E-state index contributed by atoms with van der Waals surface area (Å²) in [5.74, 6) is -14.0. The second-order valence-electron chi connectivity index (χ2n) is 4.82. The van der Waals surface area contributed by atoms with Crippen molar-refractivity contribution in [3.05, 3.63) is 77.1 Å². The highest BCUT2D eigenvalue weighted by Crippen LogP contribution is 2.30. The minimum absolute atomic E-state index is 0.0722. The van der Waals surface area contributed by atoms with Crippen molar-refractivity contribution < 1.29 is 31.5 Å². The first kappa shape index (κ1) is 15.9. The summed E-state index contributed by atoms with van der Waals surface area (Å²) in [7, 11) is 0. The second-order valence-corrected chi connectivity index (χ2v) is 4.82. The highest BCUT2D eigenvalue weighted by atomic mass is 19.2. The maximum atomic E-state index is 13.6. The normalized spacial score (nSPS) is 10.9. The molecule has 0 atom stereocenters. The van der Waals surface area contributed by atoms with Gasteiger partial charge in [0.1, 0.15) is 0 Å². The van der Waals surface area contributed by atoms with Gasteiger partial charge >= 0.3 is 5.97 Å². The summed E-state index contributed by atoms with van der Waals surface area (Å²) < 4.78 is 71.0. The lowest BCUT2D eigenvalue weighted by atomic mass is 10.0. The molecule has 0 radical (unpaired) electrons. The summed E-state index contributed by atoms with van der Waals surface area (Å²) in [6.45, 7) is 0. The molecule has 3 aromatic carbocycles. The van der Waals surface area contributed by atoms with Gasteiger partial charge in [-0.15, -0.1) is 0 Å². The van der Waals surface area contributed by atoms with Gasteiger partial charge in [-0.3, -0.25) is 0 Å². The van der Waals surface area contributed by atoms with E-state index in [4.69, 9.17) is 0 Å². The van der Waals surface area contributed by atoms with Crippen LogP contribution in [0.2, 0.25) is 0 Å². The lowest BCUT2D eigenvalue weighted by Crippen LogP contribution is -2.14. The third-order valence-corrected chi connectivity index (χ3v) is 3.37. The molecule has 0 heterocycles. The molecule has 0 bridgehead atoms. The number of carbonyl (C=O) groups is 1. The van der Waals surface area contributed by atoms with Crippen molar-refractivity contribution in [3.63, 3.8) is 0 Å². The first-order valence-corrected chi connectivity index (χ1v) is 6.63. The lowest BCUT2D eigenvalue weighted by Gasteiger charge is -2.10. The van der Waals surface area contributed by atoms with Gasteiger partial charge < -0.3 is 4.74 Å². The Morgan fingerprint density at radius 3 is 1.92 bits per heavy atom. The van der Waals surface area contributed by atoms with E-state index in [1.807, 2.05) is 0 Å². The van der Waals surface area contributed by atoms with E-state index in [0.29, 0.717) is 10.8 Å². The fraction of sp³-hybridized carbons (Fsp3) is 0. The van der Waals surface area contributed by atoms with Crippen molar-refractivity contribution in [1.82, 2.24) is 0 Å². The average molecular weight is 338 g/mol. The van der Waals surface area contributed by atoms with Crippen LogP contribution in [0.3, 0.4) is 0 Å². The molecule has 0 aliphatic rings. The molecule has 7 heteroatoms. The molecule has 122 valence electrons. The highest BCUT2D eigenvalue weighted by Gasteiger charge is 2.29. The maximum Gasteiger partial charge on any atom is 0.344 e. The largest absolute Gasteiger partial charge is 0.416 e. The molecule has 0 saturated heterocycles. The average Bonchev–Trinajstić information content (AvgIpc) is 2.61. The molecule has 0 aliphatic heterocycles. The number of hydrogen-bond acceptors (Lipinski definition) is 2.